The minimum Gasteiger partial charge on any atom is -0.444 e. The Hall–Kier alpha value is -1.87. The highest BCUT2D eigenvalue weighted by atomic mass is 16.7. The molecule has 2 unspecified atom stereocenters. The number of rotatable bonds is 4. The SMILES string of the molecule is CC(C)(C)OC(=O)N1CCCC12CCN(OC(C(N)=O)C(C)(C)O)C2=O. The lowest BCUT2D eigenvalue weighted by atomic mass is 9.94. The molecule has 1 spiro atoms. The van der Waals surface area contributed by atoms with Crippen LogP contribution in [0.3, 0.4) is 0 Å². The molecule has 148 valence electrons. The smallest absolute Gasteiger partial charge is 0.411 e. The van der Waals surface area contributed by atoms with Gasteiger partial charge in [0.05, 0.1) is 12.1 Å². The second-order valence-corrected chi connectivity index (χ2v) is 8.47. The number of amides is 3. The van der Waals surface area contributed by atoms with Gasteiger partial charge >= 0.3 is 6.09 Å². The first-order chi connectivity index (χ1) is 11.8. The van der Waals surface area contributed by atoms with Crippen molar-refractivity contribution in [3.05, 3.63) is 0 Å². The molecule has 2 rings (SSSR count). The highest BCUT2D eigenvalue weighted by Gasteiger charge is 2.57. The second kappa shape index (κ2) is 6.70. The summed E-state index contributed by atoms with van der Waals surface area (Å²) in [7, 11) is 0. The van der Waals surface area contributed by atoms with Crippen molar-refractivity contribution >= 4 is 17.9 Å². The predicted octanol–water partition coefficient (Wildman–Crippen LogP) is 0.545. The Bertz CT molecular complexity index is 594. The zero-order valence-electron chi connectivity index (χ0n) is 16.1. The van der Waals surface area contributed by atoms with Crippen molar-refractivity contribution < 1.29 is 29.1 Å². The van der Waals surface area contributed by atoms with E-state index in [1.807, 2.05) is 0 Å². The third-order valence-corrected chi connectivity index (χ3v) is 4.59. The summed E-state index contributed by atoms with van der Waals surface area (Å²) in [6.07, 6.45) is -0.391. The number of primary amides is 1. The summed E-state index contributed by atoms with van der Waals surface area (Å²) in [6, 6.07) is 0. The Kier molecular flexibility index (Phi) is 5.26. The van der Waals surface area contributed by atoms with E-state index in [0.29, 0.717) is 25.8 Å². The molecule has 0 aliphatic carbocycles. The van der Waals surface area contributed by atoms with Gasteiger partial charge in [-0.15, -0.1) is 0 Å². The molecule has 26 heavy (non-hydrogen) atoms. The summed E-state index contributed by atoms with van der Waals surface area (Å²) in [5, 5.41) is 11.1. The molecule has 0 bridgehead atoms. The van der Waals surface area contributed by atoms with E-state index in [2.05, 4.69) is 0 Å². The fourth-order valence-corrected chi connectivity index (χ4v) is 3.43. The molecule has 9 heteroatoms. The average Bonchev–Trinajstić information content (AvgIpc) is 3.00. The molecular formula is C17H29N3O6. The quantitative estimate of drug-likeness (QED) is 0.744. The van der Waals surface area contributed by atoms with Gasteiger partial charge in [0.1, 0.15) is 11.1 Å². The minimum atomic E-state index is -1.55. The van der Waals surface area contributed by atoms with Gasteiger partial charge in [-0.25, -0.2) is 9.86 Å². The largest absolute Gasteiger partial charge is 0.444 e. The first-order valence-corrected chi connectivity index (χ1v) is 8.79. The van der Waals surface area contributed by atoms with Crippen molar-refractivity contribution in [2.75, 3.05) is 13.1 Å². The lowest BCUT2D eigenvalue weighted by Crippen LogP contribution is -2.56. The van der Waals surface area contributed by atoms with Gasteiger partial charge in [-0.2, -0.15) is 0 Å². The normalized spacial score (nSPS) is 25.1. The van der Waals surface area contributed by atoms with E-state index in [4.69, 9.17) is 15.3 Å². The Balaban J connectivity index is 2.18. The molecule has 0 saturated carbocycles. The zero-order chi connectivity index (χ0) is 19.9. The van der Waals surface area contributed by atoms with E-state index in [1.165, 1.54) is 18.7 Å². The number of nitrogens with two attached hydrogens (primary N) is 1. The predicted molar refractivity (Wildman–Crippen MR) is 91.6 cm³/mol. The van der Waals surface area contributed by atoms with Crippen LogP contribution in [-0.2, 0) is 19.2 Å². The standard InChI is InChI=1S/C17H29N3O6/c1-15(2,3)25-14(23)19-9-6-7-17(19)8-10-20(13(17)22)26-11(12(18)21)16(4,5)24/h11,24H,6-10H2,1-5H3,(H2,18,21). The van der Waals surface area contributed by atoms with E-state index in [9.17, 15) is 19.5 Å². The summed E-state index contributed by atoms with van der Waals surface area (Å²) in [4.78, 5) is 44.0. The third-order valence-electron chi connectivity index (χ3n) is 4.59. The number of hydrogen-bond acceptors (Lipinski definition) is 6. The van der Waals surface area contributed by atoms with Crippen molar-refractivity contribution in [2.45, 2.75) is 76.7 Å². The van der Waals surface area contributed by atoms with Crippen LogP contribution in [0, 0.1) is 0 Å². The number of likely N-dealkylation sites (tertiary alicyclic amines) is 1. The maximum Gasteiger partial charge on any atom is 0.411 e. The van der Waals surface area contributed by atoms with Crippen LogP contribution in [-0.4, -0.2) is 68.9 Å². The van der Waals surface area contributed by atoms with Gasteiger partial charge in [-0.3, -0.25) is 19.3 Å². The van der Waals surface area contributed by atoms with Crippen LogP contribution in [0.2, 0.25) is 0 Å². The van der Waals surface area contributed by atoms with Gasteiger partial charge in [-0.1, -0.05) is 0 Å². The zero-order valence-corrected chi connectivity index (χ0v) is 16.1. The molecule has 2 saturated heterocycles. The number of carbonyl (C=O) groups is 3. The topological polar surface area (TPSA) is 122 Å². The van der Waals surface area contributed by atoms with Crippen LogP contribution in [0.5, 0.6) is 0 Å². The van der Waals surface area contributed by atoms with Crippen LogP contribution in [0.15, 0.2) is 0 Å². The average molecular weight is 371 g/mol. The molecular weight excluding hydrogens is 342 g/mol. The fourth-order valence-electron chi connectivity index (χ4n) is 3.43. The van der Waals surface area contributed by atoms with Gasteiger partial charge < -0.3 is 15.6 Å². The van der Waals surface area contributed by atoms with Gasteiger partial charge in [0.2, 0.25) is 0 Å². The van der Waals surface area contributed by atoms with Gasteiger partial charge in [0.15, 0.2) is 6.10 Å². The van der Waals surface area contributed by atoms with Crippen LogP contribution >= 0.6 is 0 Å². The molecule has 0 radical (unpaired) electrons. The van der Waals surface area contributed by atoms with Crippen molar-refractivity contribution in [1.82, 2.24) is 9.96 Å². The van der Waals surface area contributed by atoms with Crippen molar-refractivity contribution in [1.29, 1.82) is 0 Å². The monoisotopic (exact) mass is 371 g/mol. The number of nitrogens with zero attached hydrogens (tertiary/aromatic N) is 2. The lowest BCUT2D eigenvalue weighted by molar-refractivity contribution is -0.227. The number of hydrogen-bond donors (Lipinski definition) is 2. The molecule has 3 amide bonds. The summed E-state index contributed by atoms with van der Waals surface area (Å²) < 4.78 is 5.43. The highest BCUT2D eigenvalue weighted by Crippen LogP contribution is 2.40. The Morgan fingerprint density at radius 2 is 1.81 bits per heavy atom. The van der Waals surface area contributed by atoms with Crippen LogP contribution in [0.4, 0.5) is 4.79 Å². The van der Waals surface area contributed by atoms with Crippen LogP contribution in [0.1, 0.15) is 53.9 Å². The van der Waals surface area contributed by atoms with Gasteiger partial charge in [0, 0.05) is 13.0 Å². The number of aliphatic hydroxyl groups is 1. The Morgan fingerprint density at radius 3 is 2.31 bits per heavy atom. The molecule has 0 aromatic heterocycles. The Labute approximate surface area is 153 Å². The maximum absolute atomic E-state index is 13.0. The van der Waals surface area contributed by atoms with Crippen molar-refractivity contribution in [2.24, 2.45) is 5.73 Å². The number of ether oxygens (including phenoxy) is 1. The maximum atomic E-state index is 13.0. The molecule has 2 fully saturated rings. The molecule has 2 atom stereocenters. The minimum absolute atomic E-state index is 0.192. The van der Waals surface area contributed by atoms with Crippen molar-refractivity contribution in [3.8, 4) is 0 Å². The molecule has 2 aliphatic heterocycles. The second-order valence-electron chi connectivity index (χ2n) is 8.47. The first-order valence-electron chi connectivity index (χ1n) is 8.79. The fraction of sp³-hybridized carbons (Fsp3) is 0.824. The number of hydroxylamine groups is 2. The summed E-state index contributed by atoms with van der Waals surface area (Å²) in [5.74, 6) is -1.29. The summed E-state index contributed by atoms with van der Waals surface area (Å²) in [6.45, 7) is 8.65. The first kappa shape index (κ1) is 20.4. The summed E-state index contributed by atoms with van der Waals surface area (Å²) in [5.41, 5.74) is 2.03. The molecule has 3 N–H and O–H groups in total. The van der Waals surface area contributed by atoms with E-state index >= 15 is 0 Å². The van der Waals surface area contributed by atoms with E-state index in [0.717, 1.165) is 5.06 Å². The molecule has 2 heterocycles. The molecule has 0 aromatic rings. The molecule has 9 nitrogen and oxygen atoms in total. The van der Waals surface area contributed by atoms with Crippen LogP contribution in [0.25, 0.3) is 0 Å². The highest BCUT2D eigenvalue weighted by molar-refractivity contribution is 5.92. The van der Waals surface area contributed by atoms with E-state index in [-0.39, 0.29) is 6.54 Å². The molecule has 2 aliphatic rings. The number of carbonyl (C=O) groups excluding carboxylic acids is 3. The van der Waals surface area contributed by atoms with E-state index < -0.39 is 40.8 Å². The van der Waals surface area contributed by atoms with Crippen molar-refractivity contribution in [3.63, 3.8) is 0 Å². The van der Waals surface area contributed by atoms with Crippen LogP contribution < -0.4 is 5.73 Å². The third kappa shape index (κ3) is 3.93. The summed E-state index contributed by atoms with van der Waals surface area (Å²) >= 11 is 0. The van der Waals surface area contributed by atoms with Gasteiger partial charge in [0.25, 0.3) is 11.8 Å². The van der Waals surface area contributed by atoms with E-state index in [1.54, 1.807) is 20.8 Å². The Morgan fingerprint density at radius 1 is 1.19 bits per heavy atom. The lowest BCUT2D eigenvalue weighted by Gasteiger charge is -2.35. The molecule has 0 aromatic carbocycles. The van der Waals surface area contributed by atoms with Gasteiger partial charge in [-0.05, 0) is 47.5 Å².